The fourth-order valence-corrected chi connectivity index (χ4v) is 4.31. The number of benzene rings is 3. The number of fused-ring (bicyclic) bond motifs is 3. The highest BCUT2D eigenvalue weighted by molar-refractivity contribution is 6.18. The van der Waals surface area contributed by atoms with Crippen LogP contribution in [0, 0.1) is 0 Å². The van der Waals surface area contributed by atoms with E-state index < -0.39 is 11.8 Å². The van der Waals surface area contributed by atoms with Crippen LogP contribution in [-0.4, -0.2) is 16.4 Å². The largest absolute Gasteiger partial charge is 0.366 e. The van der Waals surface area contributed by atoms with Gasteiger partial charge in [-0.1, -0.05) is 50.1 Å². The first-order valence-electron chi connectivity index (χ1n) is 10.7. The van der Waals surface area contributed by atoms with Gasteiger partial charge in [0.1, 0.15) is 0 Å². The number of hydrogen-bond donors (Lipinski definition) is 2. The summed E-state index contributed by atoms with van der Waals surface area (Å²) in [4.78, 5) is 23.8. The molecule has 5 heteroatoms. The third-order valence-corrected chi connectivity index (χ3v) is 5.84. The topological polar surface area (TPSA) is 91.1 Å². The number of unbranched alkanes of at least 4 members (excludes halogenated alkanes) is 2. The molecule has 4 aromatic rings. The number of nitrogens with zero attached hydrogens (tertiary/aromatic N) is 1. The molecular weight excluding hydrogens is 386 g/mol. The highest BCUT2D eigenvalue weighted by Gasteiger charge is 2.17. The first-order valence-corrected chi connectivity index (χ1v) is 10.7. The molecule has 3 aromatic carbocycles. The highest BCUT2D eigenvalue weighted by Crippen LogP contribution is 2.33. The Bertz CT molecular complexity index is 1290. The van der Waals surface area contributed by atoms with Gasteiger partial charge in [-0.05, 0) is 54.3 Å². The summed E-state index contributed by atoms with van der Waals surface area (Å²) in [5.41, 5.74) is 16.4. The van der Waals surface area contributed by atoms with Gasteiger partial charge in [0, 0.05) is 34.0 Å². The van der Waals surface area contributed by atoms with E-state index in [9.17, 15) is 9.59 Å². The van der Waals surface area contributed by atoms with Gasteiger partial charge in [0.25, 0.3) is 0 Å². The monoisotopic (exact) mass is 413 g/mol. The van der Waals surface area contributed by atoms with Crippen LogP contribution in [-0.2, 0) is 13.0 Å². The van der Waals surface area contributed by atoms with Crippen molar-refractivity contribution >= 4 is 33.6 Å². The first-order chi connectivity index (χ1) is 15.0. The second-order valence-electron chi connectivity index (χ2n) is 8.02. The van der Waals surface area contributed by atoms with Gasteiger partial charge in [0.15, 0.2) is 0 Å². The number of aryl methyl sites for hydroxylation is 1. The van der Waals surface area contributed by atoms with Gasteiger partial charge in [-0.3, -0.25) is 9.59 Å². The van der Waals surface area contributed by atoms with Crippen LogP contribution in [0.25, 0.3) is 21.8 Å². The zero-order chi connectivity index (χ0) is 22.0. The van der Waals surface area contributed by atoms with Crippen LogP contribution in [0.2, 0.25) is 0 Å². The lowest BCUT2D eigenvalue weighted by Crippen LogP contribution is -2.12. The summed E-state index contributed by atoms with van der Waals surface area (Å²) in [6, 6.07) is 19.5. The standard InChI is InChI=1S/C26H27N3O2/c1-2-3-4-7-17-12-13-20-23(15-17)29(16-18-8-5-9-19(14-18)25(27)30)22-11-6-10-21(24(20)22)26(28)31/h5-6,8-15H,2-4,7,16H2,1H3,(H2,27,30)(H2,28,31). The smallest absolute Gasteiger partial charge is 0.249 e. The van der Waals surface area contributed by atoms with Crippen molar-refractivity contribution in [2.45, 2.75) is 39.2 Å². The molecule has 0 atom stereocenters. The van der Waals surface area contributed by atoms with E-state index in [1.807, 2.05) is 30.3 Å². The minimum absolute atomic E-state index is 0.438. The molecule has 0 aliphatic carbocycles. The molecule has 0 aliphatic heterocycles. The fourth-order valence-electron chi connectivity index (χ4n) is 4.31. The predicted octanol–water partition coefficient (Wildman–Crippen LogP) is 4.77. The Hall–Kier alpha value is -3.60. The van der Waals surface area contributed by atoms with E-state index in [4.69, 9.17) is 11.5 Å². The number of carbonyl (C=O) groups excluding carboxylic acids is 2. The molecule has 0 bridgehead atoms. The summed E-state index contributed by atoms with van der Waals surface area (Å²) in [6.07, 6.45) is 4.55. The summed E-state index contributed by atoms with van der Waals surface area (Å²) in [5.74, 6) is -0.884. The second-order valence-corrected chi connectivity index (χ2v) is 8.02. The average Bonchev–Trinajstić information content (AvgIpc) is 3.07. The lowest BCUT2D eigenvalue weighted by Gasteiger charge is -2.10. The van der Waals surface area contributed by atoms with E-state index in [2.05, 4.69) is 29.7 Å². The number of carbonyl (C=O) groups is 2. The van der Waals surface area contributed by atoms with Crippen LogP contribution in [0.5, 0.6) is 0 Å². The molecule has 0 aliphatic rings. The molecular formula is C26H27N3O2. The van der Waals surface area contributed by atoms with Crippen LogP contribution in [0.1, 0.15) is 58.0 Å². The summed E-state index contributed by atoms with van der Waals surface area (Å²) < 4.78 is 2.19. The molecule has 1 aromatic heterocycles. The van der Waals surface area contributed by atoms with Crippen molar-refractivity contribution < 1.29 is 9.59 Å². The molecule has 158 valence electrons. The van der Waals surface area contributed by atoms with E-state index in [0.717, 1.165) is 40.2 Å². The molecule has 0 spiro atoms. The lowest BCUT2D eigenvalue weighted by atomic mass is 10.0. The van der Waals surface area contributed by atoms with E-state index >= 15 is 0 Å². The normalized spacial score (nSPS) is 11.3. The molecule has 4 N–H and O–H groups in total. The Morgan fingerprint density at radius 1 is 0.839 bits per heavy atom. The van der Waals surface area contributed by atoms with Crippen molar-refractivity contribution in [3.8, 4) is 0 Å². The minimum atomic E-state index is -0.446. The Labute approximate surface area is 181 Å². The van der Waals surface area contributed by atoms with Crippen molar-refractivity contribution in [3.63, 3.8) is 0 Å². The van der Waals surface area contributed by atoms with Crippen molar-refractivity contribution in [2.75, 3.05) is 0 Å². The van der Waals surface area contributed by atoms with E-state index in [0.29, 0.717) is 17.7 Å². The second kappa shape index (κ2) is 8.64. The van der Waals surface area contributed by atoms with Gasteiger partial charge in [-0.2, -0.15) is 0 Å². The maximum atomic E-state index is 12.1. The van der Waals surface area contributed by atoms with E-state index in [-0.39, 0.29) is 0 Å². The van der Waals surface area contributed by atoms with Gasteiger partial charge < -0.3 is 16.0 Å². The molecule has 5 nitrogen and oxygen atoms in total. The Morgan fingerprint density at radius 3 is 2.39 bits per heavy atom. The summed E-state index contributed by atoms with van der Waals surface area (Å²) >= 11 is 0. The molecule has 0 saturated heterocycles. The molecule has 0 radical (unpaired) electrons. The summed E-state index contributed by atoms with van der Waals surface area (Å²) in [7, 11) is 0. The van der Waals surface area contributed by atoms with Crippen molar-refractivity contribution in [2.24, 2.45) is 11.5 Å². The Morgan fingerprint density at radius 2 is 1.65 bits per heavy atom. The number of amides is 2. The fraction of sp³-hybridized carbons (Fsp3) is 0.231. The Kier molecular flexibility index (Phi) is 5.76. The van der Waals surface area contributed by atoms with Crippen LogP contribution in [0.3, 0.4) is 0 Å². The molecule has 0 saturated carbocycles. The third kappa shape index (κ3) is 4.04. The third-order valence-electron chi connectivity index (χ3n) is 5.84. The maximum Gasteiger partial charge on any atom is 0.249 e. The summed E-state index contributed by atoms with van der Waals surface area (Å²) in [5, 5.41) is 1.88. The van der Waals surface area contributed by atoms with Crippen molar-refractivity contribution in [1.29, 1.82) is 0 Å². The Balaban J connectivity index is 1.90. The molecule has 4 rings (SSSR count). The van der Waals surface area contributed by atoms with E-state index in [1.54, 1.807) is 12.1 Å². The number of nitrogens with two attached hydrogens (primary N) is 2. The summed E-state index contributed by atoms with van der Waals surface area (Å²) in [6.45, 7) is 2.76. The first kappa shape index (κ1) is 20.7. The number of hydrogen-bond acceptors (Lipinski definition) is 2. The molecule has 2 amide bonds. The molecule has 31 heavy (non-hydrogen) atoms. The number of rotatable bonds is 8. The maximum absolute atomic E-state index is 12.1. The van der Waals surface area contributed by atoms with Gasteiger partial charge in [0.05, 0.1) is 5.52 Å². The van der Waals surface area contributed by atoms with Gasteiger partial charge in [-0.25, -0.2) is 0 Å². The van der Waals surface area contributed by atoms with Crippen LogP contribution in [0.15, 0.2) is 60.7 Å². The van der Waals surface area contributed by atoms with Gasteiger partial charge in [-0.15, -0.1) is 0 Å². The van der Waals surface area contributed by atoms with E-state index in [1.165, 1.54) is 18.4 Å². The predicted molar refractivity (Wildman–Crippen MR) is 125 cm³/mol. The molecule has 0 unspecified atom stereocenters. The number of primary amides is 2. The molecule has 0 fully saturated rings. The number of aromatic nitrogens is 1. The highest BCUT2D eigenvalue weighted by atomic mass is 16.1. The minimum Gasteiger partial charge on any atom is -0.366 e. The van der Waals surface area contributed by atoms with Crippen LogP contribution in [0.4, 0.5) is 0 Å². The molecule has 1 heterocycles. The van der Waals surface area contributed by atoms with Crippen LogP contribution >= 0.6 is 0 Å². The zero-order valence-corrected chi connectivity index (χ0v) is 17.7. The SMILES string of the molecule is CCCCCc1ccc2c3c(C(N)=O)cccc3n(Cc3cccc(C(N)=O)c3)c2c1. The zero-order valence-electron chi connectivity index (χ0n) is 17.7. The van der Waals surface area contributed by atoms with Crippen molar-refractivity contribution in [1.82, 2.24) is 4.57 Å². The van der Waals surface area contributed by atoms with Gasteiger partial charge >= 0.3 is 0 Å². The van der Waals surface area contributed by atoms with Crippen LogP contribution < -0.4 is 11.5 Å². The average molecular weight is 414 g/mol. The lowest BCUT2D eigenvalue weighted by molar-refractivity contribution is 0.0992. The van der Waals surface area contributed by atoms with Crippen molar-refractivity contribution in [3.05, 3.63) is 82.9 Å². The van der Waals surface area contributed by atoms with Gasteiger partial charge in [0.2, 0.25) is 11.8 Å². The quantitative estimate of drug-likeness (QED) is 0.407.